The molecular weight excluding hydrogens is 395 g/mol. The third-order valence-electron chi connectivity index (χ3n) is 4.00. The Hall–Kier alpha value is 0.358. The van der Waals surface area contributed by atoms with Crippen molar-refractivity contribution in [3.63, 3.8) is 0 Å². The van der Waals surface area contributed by atoms with Gasteiger partial charge in [-0.1, -0.05) is 0 Å². The standard InChI is InChI=1S/C20H45AsO5/c1-6-11-16-22-21(23-17-12-7-2,24-18-13-8-3,25-19-14-9-4)26-20-15-10-5/h6-20H2,1-5H3. The van der Waals surface area contributed by atoms with Crippen LogP contribution in [0.5, 0.6) is 0 Å². The van der Waals surface area contributed by atoms with E-state index in [1.807, 2.05) is 0 Å². The first kappa shape index (κ1) is 26.4. The van der Waals surface area contributed by atoms with Gasteiger partial charge in [-0.15, -0.1) is 0 Å². The maximum atomic E-state index is 6.33. The molecule has 0 aromatic rings. The molecule has 0 atom stereocenters. The van der Waals surface area contributed by atoms with Crippen molar-refractivity contribution in [2.45, 2.75) is 98.8 Å². The molecule has 0 saturated carbocycles. The van der Waals surface area contributed by atoms with Crippen molar-refractivity contribution in [3.05, 3.63) is 0 Å². The molecule has 0 aromatic carbocycles. The van der Waals surface area contributed by atoms with Gasteiger partial charge < -0.3 is 0 Å². The van der Waals surface area contributed by atoms with E-state index in [0.29, 0.717) is 33.0 Å². The van der Waals surface area contributed by atoms with Gasteiger partial charge in [-0.3, -0.25) is 0 Å². The zero-order valence-corrected chi connectivity index (χ0v) is 20.0. The summed E-state index contributed by atoms with van der Waals surface area (Å²) in [6.07, 6.45) is 9.96. The molecule has 0 heterocycles. The van der Waals surface area contributed by atoms with Crippen LogP contribution in [0.2, 0.25) is 0 Å². The zero-order valence-electron chi connectivity index (χ0n) is 18.1. The van der Waals surface area contributed by atoms with Gasteiger partial charge in [0.2, 0.25) is 0 Å². The monoisotopic (exact) mass is 440 g/mol. The van der Waals surface area contributed by atoms with Crippen molar-refractivity contribution in [3.8, 4) is 0 Å². The van der Waals surface area contributed by atoms with E-state index < -0.39 is 14.2 Å². The Bertz CT molecular complexity index is 239. The third kappa shape index (κ3) is 10.6. The number of unbranched alkanes of at least 4 members (excludes halogenated alkanes) is 5. The molecule has 0 aliphatic carbocycles. The molecule has 0 spiro atoms. The molecule has 0 aliphatic heterocycles. The first-order chi connectivity index (χ1) is 12.6. The van der Waals surface area contributed by atoms with Gasteiger partial charge in [0.05, 0.1) is 0 Å². The van der Waals surface area contributed by atoms with Crippen molar-refractivity contribution in [2.75, 3.05) is 33.0 Å². The second-order valence-corrected chi connectivity index (χ2v) is 12.5. The molecule has 0 aromatic heterocycles. The van der Waals surface area contributed by atoms with Gasteiger partial charge in [0.15, 0.2) is 0 Å². The summed E-state index contributed by atoms with van der Waals surface area (Å²) in [5, 5.41) is 0. The quantitative estimate of drug-likeness (QED) is 0.173. The first-order valence-corrected chi connectivity index (χ1v) is 14.7. The Balaban J connectivity index is 5.49. The molecule has 0 aliphatic rings. The van der Waals surface area contributed by atoms with Crippen LogP contribution in [0.25, 0.3) is 0 Å². The second kappa shape index (κ2) is 16.3. The van der Waals surface area contributed by atoms with Gasteiger partial charge in [-0.25, -0.2) is 0 Å². The second-order valence-electron chi connectivity index (χ2n) is 6.68. The van der Waals surface area contributed by atoms with Crippen molar-refractivity contribution in [1.29, 1.82) is 0 Å². The van der Waals surface area contributed by atoms with Gasteiger partial charge >= 0.3 is 165 Å². The third-order valence-corrected chi connectivity index (χ3v) is 10.3. The van der Waals surface area contributed by atoms with Crippen LogP contribution in [-0.2, 0) is 18.6 Å². The van der Waals surface area contributed by atoms with Crippen LogP contribution in [-0.4, -0.2) is 47.2 Å². The summed E-state index contributed by atoms with van der Waals surface area (Å²) in [5.41, 5.74) is 0. The predicted octanol–water partition coefficient (Wildman–Crippen LogP) is 5.96. The normalized spacial score (nSPS) is 13.7. The molecular formula is C20H45AsO5. The van der Waals surface area contributed by atoms with Crippen molar-refractivity contribution in [2.24, 2.45) is 0 Å². The van der Waals surface area contributed by atoms with Crippen molar-refractivity contribution < 1.29 is 18.6 Å². The molecule has 6 heteroatoms. The Morgan fingerprint density at radius 1 is 0.385 bits per heavy atom. The summed E-state index contributed by atoms with van der Waals surface area (Å²) >= 11 is -4.70. The molecule has 0 unspecified atom stereocenters. The Labute approximate surface area is 164 Å². The SMILES string of the molecule is CCCCO[As](OCCCC)(OCCCC)(OCCCC)OCCCC. The van der Waals surface area contributed by atoms with Crippen LogP contribution in [0.3, 0.4) is 0 Å². The molecule has 26 heavy (non-hydrogen) atoms. The minimum absolute atomic E-state index is 0.554. The predicted molar refractivity (Wildman–Crippen MR) is 110 cm³/mol. The Morgan fingerprint density at radius 3 is 0.731 bits per heavy atom. The van der Waals surface area contributed by atoms with Crippen LogP contribution in [0.15, 0.2) is 0 Å². The summed E-state index contributed by atoms with van der Waals surface area (Å²) in [6.45, 7) is 13.5. The van der Waals surface area contributed by atoms with E-state index in [0.717, 1.165) is 64.2 Å². The van der Waals surface area contributed by atoms with E-state index in [9.17, 15) is 0 Å². The van der Waals surface area contributed by atoms with Crippen LogP contribution < -0.4 is 0 Å². The average Bonchev–Trinajstić information content (AvgIpc) is 2.63. The average molecular weight is 440 g/mol. The number of hydrogen-bond acceptors (Lipinski definition) is 5. The summed E-state index contributed by atoms with van der Waals surface area (Å²) in [7, 11) is 0. The van der Waals surface area contributed by atoms with Gasteiger partial charge in [0, 0.05) is 0 Å². The molecule has 0 rings (SSSR count). The minimum atomic E-state index is -4.70. The summed E-state index contributed by atoms with van der Waals surface area (Å²) < 4.78 is 31.7. The van der Waals surface area contributed by atoms with E-state index in [-0.39, 0.29) is 0 Å². The molecule has 0 bridgehead atoms. The Morgan fingerprint density at radius 2 is 0.577 bits per heavy atom. The molecule has 160 valence electrons. The molecule has 5 nitrogen and oxygen atoms in total. The van der Waals surface area contributed by atoms with E-state index in [2.05, 4.69) is 34.6 Å². The number of hydrogen-bond donors (Lipinski definition) is 0. The van der Waals surface area contributed by atoms with Gasteiger partial charge in [-0.05, 0) is 0 Å². The van der Waals surface area contributed by atoms with Gasteiger partial charge in [0.25, 0.3) is 0 Å². The number of rotatable bonds is 20. The van der Waals surface area contributed by atoms with E-state index in [1.54, 1.807) is 0 Å². The van der Waals surface area contributed by atoms with Crippen LogP contribution >= 0.6 is 0 Å². The van der Waals surface area contributed by atoms with Crippen molar-refractivity contribution in [1.82, 2.24) is 0 Å². The van der Waals surface area contributed by atoms with Crippen LogP contribution in [0.4, 0.5) is 0 Å². The molecule has 0 N–H and O–H groups in total. The topological polar surface area (TPSA) is 46.2 Å². The van der Waals surface area contributed by atoms with E-state index >= 15 is 0 Å². The van der Waals surface area contributed by atoms with Gasteiger partial charge in [0.1, 0.15) is 0 Å². The fraction of sp³-hybridized carbons (Fsp3) is 1.00. The summed E-state index contributed by atoms with van der Waals surface area (Å²) in [5.74, 6) is 0. The van der Waals surface area contributed by atoms with Crippen LogP contribution in [0.1, 0.15) is 98.8 Å². The van der Waals surface area contributed by atoms with Gasteiger partial charge in [-0.2, -0.15) is 0 Å². The summed E-state index contributed by atoms with van der Waals surface area (Å²) in [4.78, 5) is 0. The molecule has 0 saturated heterocycles. The molecule has 0 amide bonds. The zero-order chi connectivity index (χ0) is 19.6. The maximum absolute atomic E-state index is 6.33. The fourth-order valence-corrected chi connectivity index (χ4v) is 8.21. The van der Waals surface area contributed by atoms with Crippen LogP contribution in [0, 0.1) is 0 Å². The van der Waals surface area contributed by atoms with E-state index in [4.69, 9.17) is 18.6 Å². The van der Waals surface area contributed by atoms with Crippen molar-refractivity contribution >= 4 is 14.2 Å². The molecule has 0 fully saturated rings. The fourth-order valence-electron chi connectivity index (χ4n) is 2.16. The first-order valence-electron chi connectivity index (χ1n) is 10.9. The Kier molecular flexibility index (Phi) is 16.6. The summed E-state index contributed by atoms with van der Waals surface area (Å²) in [6, 6.07) is 0. The van der Waals surface area contributed by atoms with E-state index in [1.165, 1.54) is 0 Å². The molecule has 0 radical (unpaired) electrons.